The van der Waals surface area contributed by atoms with Crippen LogP contribution in [0.5, 0.6) is 28.7 Å². The molecule has 2 aromatic carbocycles. The normalized spacial score (nSPS) is 23.0. The summed E-state index contributed by atoms with van der Waals surface area (Å²) >= 11 is 0. The first-order valence-electron chi connectivity index (χ1n) is 9.36. The van der Waals surface area contributed by atoms with Crippen LogP contribution in [-0.2, 0) is 6.42 Å². The van der Waals surface area contributed by atoms with Crippen molar-refractivity contribution < 1.29 is 29.1 Å². The maximum atomic E-state index is 9.21. The van der Waals surface area contributed by atoms with E-state index < -0.39 is 0 Å². The molecule has 28 heavy (non-hydrogen) atoms. The second-order valence-electron chi connectivity index (χ2n) is 7.91. The van der Waals surface area contributed by atoms with E-state index in [1.807, 2.05) is 19.9 Å². The number of ether oxygens (including phenoxy) is 4. The van der Waals surface area contributed by atoms with Crippen molar-refractivity contribution in [2.24, 2.45) is 0 Å². The van der Waals surface area contributed by atoms with Crippen molar-refractivity contribution in [2.75, 3.05) is 13.7 Å². The number of benzene rings is 2. The van der Waals surface area contributed by atoms with Gasteiger partial charge in [-0.1, -0.05) is 6.07 Å². The Hall–Kier alpha value is -2.86. The first kappa shape index (κ1) is 17.3. The molecule has 0 radical (unpaired) electrons. The highest BCUT2D eigenvalue weighted by atomic mass is 17.1. The van der Waals surface area contributed by atoms with Crippen LogP contribution in [-0.4, -0.2) is 30.7 Å². The van der Waals surface area contributed by atoms with Gasteiger partial charge in [-0.3, -0.25) is 0 Å². The summed E-state index contributed by atoms with van der Waals surface area (Å²) in [5.41, 5.74) is 2.72. The summed E-state index contributed by atoms with van der Waals surface area (Å²) in [5, 5.41) is 9.21. The summed E-state index contributed by atoms with van der Waals surface area (Å²) in [6.45, 7) is 4.51. The lowest BCUT2D eigenvalue weighted by Gasteiger charge is -2.39. The Morgan fingerprint density at radius 1 is 1.14 bits per heavy atom. The van der Waals surface area contributed by atoms with Crippen molar-refractivity contribution >= 4 is 6.08 Å². The van der Waals surface area contributed by atoms with Crippen LogP contribution < -0.4 is 23.8 Å². The fraction of sp³-hybridized carbons (Fsp3) is 0.364. The Bertz CT molecular complexity index is 977. The molecule has 3 aliphatic rings. The van der Waals surface area contributed by atoms with Crippen LogP contribution in [0, 0.1) is 0 Å². The summed E-state index contributed by atoms with van der Waals surface area (Å²) in [5.74, 6) is 3.22. The lowest BCUT2D eigenvalue weighted by molar-refractivity contribution is -0.139. The van der Waals surface area contributed by atoms with E-state index >= 15 is 0 Å². The second-order valence-corrected chi connectivity index (χ2v) is 7.91. The first-order valence-corrected chi connectivity index (χ1v) is 9.36. The molecule has 3 aliphatic heterocycles. The van der Waals surface area contributed by atoms with E-state index in [9.17, 15) is 5.26 Å². The third-order valence-electron chi connectivity index (χ3n) is 5.62. The summed E-state index contributed by atoms with van der Waals surface area (Å²) < 4.78 is 23.7. The van der Waals surface area contributed by atoms with Crippen LogP contribution in [0.25, 0.3) is 6.08 Å². The van der Waals surface area contributed by atoms with E-state index in [2.05, 4.69) is 23.1 Å². The zero-order valence-corrected chi connectivity index (χ0v) is 16.0. The molecule has 0 spiro atoms. The van der Waals surface area contributed by atoms with Gasteiger partial charge in [0.15, 0.2) is 5.75 Å². The number of fused-ring (bicyclic) bond motifs is 6. The molecule has 146 valence electrons. The molecule has 3 heterocycles. The molecule has 1 N–H and O–H groups in total. The molecule has 0 bridgehead atoms. The van der Waals surface area contributed by atoms with Gasteiger partial charge in [-0.2, -0.15) is 0 Å². The van der Waals surface area contributed by atoms with Gasteiger partial charge in [0.1, 0.15) is 35.6 Å². The van der Waals surface area contributed by atoms with Crippen LogP contribution in [0.15, 0.2) is 30.3 Å². The van der Waals surface area contributed by atoms with Gasteiger partial charge < -0.3 is 23.8 Å². The van der Waals surface area contributed by atoms with Crippen LogP contribution >= 0.6 is 0 Å². The second kappa shape index (κ2) is 6.07. The van der Waals surface area contributed by atoms with Gasteiger partial charge in [0, 0.05) is 17.5 Å². The molecule has 5 rings (SSSR count). The summed E-state index contributed by atoms with van der Waals surface area (Å²) in [4.78, 5) is 4.50. The van der Waals surface area contributed by atoms with E-state index in [4.69, 9.17) is 18.9 Å². The van der Waals surface area contributed by atoms with Gasteiger partial charge in [-0.25, -0.2) is 5.26 Å². The topological polar surface area (TPSA) is 66.4 Å². The van der Waals surface area contributed by atoms with Crippen molar-refractivity contribution in [2.45, 2.75) is 37.9 Å². The van der Waals surface area contributed by atoms with Crippen LogP contribution in [0.4, 0.5) is 0 Å². The Balaban J connectivity index is 1.55. The SMILES string of the molecule is COc1cc2c(cc1OO)C1Cc3ccc4c(c3OC1CO2)C=CC(C)(C)O4. The minimum atomic E-state index is -0.328. The van der Waals surface area contributed by atoms with Crippen molar-refractivity contribution in [1.29, 1.82) is 0 Å². The molecule has 2 unspecified atom stereocenters. The molecular formula is C22H22O6. The van der Waals surface area contributed by atoms with Gasteiger partial charge in [0.25, 0.3) is 0 Å². The highest BCUT2D eigenvalue weighted by Crippen LogP contribution is 2.49. The molecule has 0 saturated carbocycles. The van der Waals surface area contributed by atoms with Crippen molar-refractivity contribution in [3.8, 4) is 28.7 Å². The van der Waals surface area contributed by atoms with Crippen molar-refractivity contribution in [3.63, 3.8) is 0 Å². The molecule has 0 amide bonds. The zero-order valence-electron chi connectivity index (χ0n) is 16.0. The largest absolute Gasteiger partial charge is 0.493 e. The van der Waals surface area contributed by atoms with Crippen molar-refractivity contribution in [3.05, 3.63) is 47.0 Å². The van der Waals surface area contributed by atoms with Crippen LogP contribution in [0.1, 0.15) is 36.5 Å². The number of hydrogen-bond acceptors (Lipinski definition) is 6. The van der Waals surface area contributed by atoms with E-state index in [0.29, 0.717) is 12.4 Å². The summed E-state index contributed by atoms with van der Waals surface area (Å²) in [7, 11) is 1.52. The minimum absolute atomic E-state index is 0.0963. The number of methoxy groups -OCH3 is 1. The van der Waals surface area contributed by atoms with Crippen molar-refractivity contribution in [1.82, 2.24) is 0 Å². The Labute approximate surface area is 163 Å². The van der Waals surface area contributed by atoms with Crippen LogP contribution in [0.3, 0.4) is 0 Å². The number of rotatable bonds is 2. The molecular weight excluding hydrogens is 360 g/mol. The molecule has 0 saturated heterocycles. The predicted molar refractivity (Wildman–Crippen MR) is 103 cm³/mol. The standard InChI is InChI=1S/C22H22O6/c1-22(2)7-6-13-16(27-22)5-4-12-8-14-15-9-19(28-23)18(24-3)10-17(15)25-11-20(14)26-21(12)13/h4-7,9-10,14,20,23H,8,11H2,1-3H3. The maximum absolute atomic E-state index is 9.21. The fourth-order valence-corrected chi connectivity index (χ4v) is 4.21. The van der Waals surface area contributed by atoms with Gasteiger partial charge >= 0.3 is 0 Å². The molecule has 0 aromatic heterocycles. The number of hydrogen-bond donors (Lipinski definition) is 1. The lowest BCUT2D eigenvalue weighted by Crippen LogP contribution is -2.40. The first-order chi connectivity index (χ1) is 13.5. The monoisotopic (exact) mass is 382 g/mol. The molecule has 6 heteroatoms. The third kappa shape index (κ3) is 2.59. The van der Waals surface area contributed by atoms with E-state index in [0.717, 1.165) is 40.4 Å². The lowest BCUT2D eigenvalue weighted by atomic mass is 9.82. The Morgan fingerprint density at radius 2 is 2.00 bits per heavy atom. The molecule has 0 aliphatic carbocycles. The minimum Gasteiger partial charge on any atom is -0.493 e. The molecule has 0 fully saturated rings. The third-order valence-corrected chi connectivity index (χ3v) is 5.62. The molecule has 2 aromatic rings. The highest BCUT2D eigenvalue weighted by molar-refractivity contribution is 5.70. The molecule has 6 nitrogen and oxygen atoms in total. The highest BCUT2D eigenvalue weighted by Gasteiger charge is 2.39. The summed E-state index contributed by atoms with van der Waals surface area (Å²) in [6, 6.07) is 7.60. The fourth-order valence-electron chi connectivity index (χ4n) is 4.21. The quantitative estimate of drug-likeness (QED) is 0.620. The Kier molecular flexibility index (Phi) is 3.74. The van der Waals surface area contributed by atoms with E-state index in [1.165, 1.54) is 7.11 Å². The molecule has 2 atom stereocenters. The average Bonchev–Trinajstić information content (AvgIpc) is 2.70. The van der Waals surface area contributed by atoms with E-state index in [1.54, 1.807) is 12.1 Å². The Morgan fingerprint density at radius 3 is 2.79 bits per heavy atom. The maximum Gasteiger partial charge on any atom is 0.207 e. The summed E-state index contributed by atoms with van der Waals surface area (Å²) in [6.07, 6.45) is 4.81. The van der Waals surface area contributed by atoms with Gasteiger partial charge in [-0.15, -0.1) is 0 Å². The van der Waals surface area contributed by atoms with Gasteiger partial charge in [0.2, 0.25) is 5.75 Å². The van der Waals surface area contributed by atoms with Gasteiger partial charge in [-0.05, 0) is 50.1 Å². The average molecular weight is 382 g/mol. The predicted octanol–water partition coefficient (Wildman–Crippen LogP) is 4.21. The zero-order chi connectivity index (χ0) is 19.5. The smallest absolute Gasteiger partial charge is 0.207 e. The van der Waals surface area contributed by atoms with E-state index in [-0.39, 0.29) is 23.4 Å². The van der Waals surface area contributed by atoms with Crippen LogP contribution in [0.2, 0.25) is 0 Å². The van der Waals surface area contributed by atoms with Gasteiger partial charge in [0.05, 0.1) is 12.7 Å².